The zero-order valence-corrected chi connectivity index (χ0v) is 9.01. The van der Waals surface area contributed by atoms with Gasteiger partial charge in [-0.2, -0.15) is 0 Å². The molecule has 7 nitrogen and oxygen atoms in total. The highest BCUT2D eigenvalue weighted by Gasteiger charge is 2.00. The number of rotatable bonds is 6. The summed E-state index contributed by atoms with van der Waals surface area (Å²) in [5.74, 6) is -2.45. The smallest absolute Gasteiger partial charge is 0.303 e. The molecule has 7 heteroatoms. The van der Waals surface area contributed by atoms with E-state index in [4.69, 9.17) is 15.3 Å². The largest absolute Gasteiger partial charge is 0.481 e. The molecule has 0 aromatic rings. The fourth-order valence-electron chi connectivity index (χ4n) is 0.494. The van der Waals surface area contributed by atoms with E-state index in [1.54, 1.807) is 0 Å². The van der Waals surface area contributed by atoms with E-state index in [2.05, 4.69) is 4.74 Å². The van der Waals surface area contributed by atoms with Crippen molar-refractivity contribution in [2.24, 2.45) is 0 Å². The van der Waals surface area contributed by atoms with Crippen molar-refractivity contribution >= 4 is 17.9 Å². The number of hydrogen-bond donors (Lipinski definition) is 3. The van der Waals surface area contributed by atoms with Crippen molar-refractivity contribution in [3.63, 3.8) is 0 Å². The molecule has 0 aromatic heterocycles. The van der Waals surface area contributed by atoms with Gasteiger partial charge in [-0.3, -0.25) is 14.4 Å². The minimum absolute atomic E-state index is 0.0767. The van der Waals surface area contributed by atoms with Gasteiger partial charge in [-0.25, -0.2) is 0 Å². The van der Waals surface area contributed by atoms with E-state index in [9.17, 15) is 14.4 Å². The molecule has 0 rings (SSSR count). The number of ether oxygens (including phenoxy) is 1. The van der Waals surface area contributed by atoms with Crippen LogP contribution in [0.15, 0.2) is 0 Å². The molecule has 0 saturated carbocycles. The van der Waals surface area contributed by atoms with E-state index in [0.29, 0.717) is 13.0 Å². The van der Waals surface area contributed by atoms with Gasteiger partial charge in [-0.1, -0.05) is 0 Å². The number of hydrogen-bond acceptors (Lipinski definition) is 5. The molecule has 0 aliphatic heterocycles. The quantitative estimate of drug-likeness (QED) is 0.433. The Morgan fingerprint density at radius 1 is 1.06 bits per heavy atom. The lowest BCUT2D eigenvalue weighted by atomic mass is 10.3. The van der Waals surface area contributed by atoms with Gasteiger partial charge in [0.25, 0.3) is 0 Å². The van der Waals surface area contributed by atoms with Crippen LogP contribution in [-0.2, 0) is 19.1 Å². The monoisotopic (exact) mass is 236 g/mol. The molecule has 0 aromatic carbocycles. The highest BCUT2D eigenvalue weighted by atomic mass is 16.5. The maximum Gasteiger partial charge on any atom is 0.303 e. The van der Waals surface area contributed by atoms with E-state index in [1.807, 2.05) is 0 Å². The van der Waals surface area contributed by atoms with Crippen LogP contribution in [0.5, 0.6) is 0 Å². The zero-order valence-electron chi connectivity index (χ0n) is 9.01. The van der Waals surface area contributed by atoms with Crippen LogP contribution in [0, 0.1) is 0 Å². The van der Waals surface area contributed by atoms with Crippen LogP contribution >= 0.6 is 0 Å². The second-order valence-electron chi connectivity index (χ2n) is 2.70. The Kier molecular flexibility index (Phi) is 12.0. The maximum absolute atomic E-state index is 10.0. The summed E-state index contributed by atoms with van der Waals surface area (Å²) in [6, 6.07) is 0. The minimum atomic E-state index is -1.08. The Hall–Kier alpha value is -1.63. The first-order valence-electron chi connectivity index (χ1n) is 4.58. The van der Waals surface area contributed by atoms with Gasteiger partial charge in [-0.15, -0.1) is 0 Å². The predicted molar refractivity (Wildman–Crippen MR) is 52.8 cm³/mol. The first-order valence-corrected chi connectivity index (χ1v) is 4.58. The summed E-state index contributed by atoms with van der Waals surface area (Å²) < 4.78 is 4.48. The number of carboxylic acid groups (broad SMARTS) is 2. The molecular weight excluding hydrogens is 220 g/mol. The van der Waals surface area contributed by atoms with Crippen molar-refractivity contribution in [1.82, 2.24) is 0 Å². The Labute approximate surface area is 92.6 Å². The molecule has 0 spiro atoms. The molecule has 0 atom stereocenters. The number of aliphatic carboxylic acids is 2. The van der Waals surface area contributed by atoms with E-state index >= 15 is 0 Å². The SMILES string of the molecule is CC(=O)OCCCO.O=C(O)CCC(=O)O. The number of carbonyl (C=O) groups is 3. The Balaban J connectivity index is 0. The standard InChI is InChI=1S/C5H10O3.C4H6O4/c1-5(7)8-4-2-3-6;5-3(6)1-2-4(7)8/h6H,2-4H2,1H3;1-2H2,(H,5,6)(H,7,8). The van der Waals surface area contributed by atoms with Crippen molar-refractivity contribution in [2.75, 3.05) is 13.2 Å². The van der Waals surface area contributed by atoms with E-state index in [1.165, 1.54) is 6.92 Å². The molecule has 0 radical (unpaired) electrons. The molecule has 0 unspecified atom stereocenters. The Bertz CT molecular complexity index is 210. The fourth-order valence-corrected chi connectivity index (χ4v) is 0.494. The highest BCUT2D eigenvalue weighted by Crippen LogP contribution is 1.86. The molecule has 0 fully saturated rings. The molecule has 3 N–H and O–H groups in total. The summed E-state index contributed by atoms with van der Waals surface area (Å²) >= 11 is 0. The van der Waals surface area contributed by atoms with Gasteiger partial charge in [0, 0.05) is 20.0 Å². The van der Waals surface area contributed by atoms with Crippen LogP contribution in [-0.4, -0.2) is 46.4 Å². The summed E-state index contributed by atoms with van der Waals surface area (Å²) in [4.78, 5) is 29.3. The van der Waals surface area contributed by atoms with Crippen LogP contribution in [0.3, 0.4) is 0 Å². The number of carboxylic acids is 2. The fraction of sp³-hybridized carbons (Fsp3) is 0.667. The summed E-state index contributed by atoms with van der Waals surface area (Å²) in [6.07, 6.45) is -0.0652. The Morgan fingerprint density at radius 3 is 1.75 bits per heavy atom. The number of esters is 1. The van der Waals surface area contributed by atoms with E-state index in [-0.39, 0.29) is 25.4 Å². The maximum atomic E-state index is 10.0. The summed E-state index contributed by atoms with van der Waals surface area (Å²) in [5.41, 5.74) is 0. The second kappa shape index (κ2) is 11.4. The van der Waals surface area contributed by atoms with Gasteiger partial charge in [0.15, 0.2) is 0 Å². The lowest BCUT2D eigenvalue weighted by Gasteiger charge is -1.96. The average molecular weight is 236 g/mol. The average Bonchev–Trinajstić information content (AvgIpc) is 2.16. The zero-order chi connectivity index (χ0) is 13.0. The molecule has 0 heterocycles. The first-order chi connectivity index (χ1) is 7.40. The van der Waals surface area contributed by atoms with Gasteiger partial charge in [-0.05, 0) is 0 Å². The molecule has 0 saturated heterocycles. The second-order valence-corrected chi connectivity index (χ2v) is 2.70. The third-order valence-electron chi connectivity index (χ3n) is 1.16. The predicted octanol–water partition coefficient (Wildman–Crippen LogP) is -0.132. The molecule has 0 aliphatic rings. The molecule has 0 amide bonds. The lowest BCUT2D eigenvalue weighted by molar-refractivity contribution is -0.143. The van der Waals surface area contributed by atoms with Crippen LogP contribution in [0.25, 0.3) is 0 Å². The first kappa shape index (κ1) is 16.8. The van der Waals surface area contributed by atoms with Gasteiger partial charge in [0.05, 0.1) is 19.4 Å². The minimum Gasteiger partial charge on any atom is -0.481 e. The van der Waals surface area contributed by atoms with Crippen molar-refractivity contribution in [3.8, 4) is 0 Å². The number of carbonyl (C=O) groups excluding carboxylic acids is 1. The van der Waals surface area contributed by atoms with Crippen LogP contribution in [0.1, 0.15) is 26.2 Å². The van der Waals surface area contributed by atoms with Crippen molar-refractivity contribution in [2.45, 2.75) is 26.2 Å². The number of aliphatic hydroxyl groups excluding tert-OH is 1. The molecule has 94 valence electrons. The van der Waals surface area contributed by atoms with Gasteiger partial charge in [0.1, 0.15) is 0 Å². The highest BCUT2D eigenvalue weighted by molar-refractivity contribution is 5.75. The summed E-state index contributed by atoms with van der Waals surface area (Å²) in [7, 11) is 0. The van der Waals surface area contributed by atoms with Crippen LogP contribution in [0.2, 0.25) is 0 Å². The molecular formula is C9H16O7. The summed E-state index contributed by atoms with van der Waals surface area (Å²) in [6.45, 7) is 1.75. The molecule has 0 aliphatic carbocycles. The van der Waals surface area contributed by atoms with Gasteiger partial charge in [0.2, 0.25) is 0 Å². The van der Waals surface area contributed by atoms with Crippen molar-refractivity contribution < 1.29 is 34.4 Å². The van der Waals surface area contributed by atoms with Crippen molar-refractivity contribution in [3.05, 3.63) is 0 Å². The van der Waals surface area contributed by atoms with Gasteiger partial charge < -0.3 is 20.1 Å². The topological polar surface area (TPSA) is 121 Å². The number of aliphatic hydroxyl groups is 1. The van der Waals surface area contributed by atoms with Gasteiger partial charge >= 0.3 is 17.9 Å². The van der Waals surface area contributed by atoms with Crippen LogP contribution < -0.4 is 0 Å². The molecule has 0 bridgehead atoms. The normalized spacial score (nSPS) is 8.62. The van der Waals surface area contributed by atoms with Crippen molar-refractivity contribution in [1.29, 1.82) is 0 Å². The summed E-state index contributed by atoms with van der Waals surface area (Å²) in [5, 5.41) is 24.0. The van der Waals surface area contributed by atoms with E-state index < -0.39 is 11.9 Å². The Morgan fingerprint density at radius 2 is 1.50 bits per heavy atom. The third kappa shape index (κ3) is 22.8. The lowest BCUT2D eigenvalue weighted by Crippen LogP contribution is -2.01. The third-order valence-corrected chi connectivity index (χ3v) is 1.16. The van der Waals surface area contributed by atoms with E-state index in [0.717, 1.165) is 0 Å². The van der Waals surface area contributed by atoms with Crippen LogP contribution in [0.4, 0.5) is 0 Å². The molecule has 16 heavy (non-hydrogen) atoms.